The van der Waals surface area contributed by atoms with E-state index in [2.05, 4.69) is 59.2 Å². The Morgan fingerprint density at radius 1 is 1.19 bits per heavy atom. The fourth-order valence-electron chi connectivity index (χ4n) is 3.13. The molecule has 1 amide bonds. The standard InChI is InChI=1S/C17H21N3O/c1-13-11-20(10-9-19(13)12-17(18)21)16-8-4-6-14-5-2-3-7-15(14)16/h2-8,13H,9-12H2,1H3,(H2,18,21). The summed E-state index contributed by atoms with van der Waals surface area (Å²) in [5.41, 5.74) is 6.59. The van der Waals surface area contributed by atoms with Crippen molar-refractivity contribution in [2.45, 2.75) is 13.0 Å². The lowest BCUT2D eigenvalue weighted by Gasteiger charge is -2.40. The van der Waals surface area contributed by atoms with Crippen LogP contribution in [0.5, 0.6) is 0 Å². The minimum Gasteiger partial charge on any atom is -0.369 e. The van der Waals surface area contributed by atoms with Crippen LogP contribution in [0.4, 0.5) is 5.69 Å². The molecule has 1 aliphatic heterocycles. The number of hydrogen-bond donors (Lipinski definition) is 1. The molecule has 110 valence electrons. The molecule has 2 aromatic carbocycles. The quantitative estimate of drug-likeness (QED) is 0.935. The fraction of sp³-hybridized carbons (Fsp3) is 0.353. The molecule has 1 atom stereocenters. The lowest BCUT2D eigenvalue weighted by atomic mass is 10.1. The first-order valence-corrected chi connectivity index (χ1v) is 7.40. The summed E-state index contributed by atoms with van der Waals surface area (Å²) in [5, 5.41) is 2.55. The van der Waals surface area contributed by atoms with Crippen LogP contribution in [0.3, 0.4) is 0 Å². The molecule has 0 saturated carbocycles. The Bertz CT molecular complexity index is 650. The van der Waals surface area contributed by atoms with Crippen LogP contribution in [0.15, 0.2) is 42.5 Å². The smallest absolute Gasteiger partial charge is 0.231 e. The molecular weight excluding hydrogens is 262 g/mol. The second-order valence-electron chi connectivity index (χ2n) is 5.73. The molecule has 1 fully saturated rings. The summed E-state index contributed by atoms with van der Waals surface area (Å²) in [7, 11) is 0. The van der Waals surface area contributed by atoms with E-state index in [1.54, 1.807) is 0 Å². The number of anilines is 1. The first kappa shape index (κ1) is 13.9. The second kappa shape index (κ2) is 5.74. The van der Waals surface area contributed by atoms with Crippen LogP contribution in [-0.2, 0) is 4.79 Å². The topological polar surface area (TPSA) is 49.6 Å². The maximum atomic E-state index is 11.1. The zero-order valence-electron chi connectivity index (χ0n) is 12.3. The van der Waals surface area contributed by atoms with Crippen molar-refractivity contribution in [1.29, 1.82) is 0 Å². The molecule has 0 spiro atoms. The molecule has 21 heavy (non-hydrogen) atoms. The number of primary amides is 1. The van der Waals surface area contributed by atoms with Crippen molar-refractivity contribution >= 4 is 22.4 Å². The number of nitrogens with zero attached hydrogens (tertiary/aromatic N) is 2. The van der Waals surface area contributed by atoms with Crippen molar-refractivity contribution in [1.82, 2.24) is 4.90 Å². The fourth-order valence-corrected chi connectivity index (χ4v) is 3.13. The van der Waals surface area contributed by atoms with E-state index in [-0.39, 0.29) is 5.91 Å². The van der Waals surface area contributed by atoms with Gasteiger partial charge in [0.25, 0.3) is 0 Å². The maximum Gasteiger partial charge on any atom is 0.231 e. The van der Waals surface area contributed by atoms with Gasteiger partial charge < -0.3 is 10.6 Å². The maximum absolute atomic E-state index is 11.1. The number of benzene rings is 2. The largest absolute Gasteiger partial charge is 0.369 e. The van der Waals surface area contributed by atoms with Gasteiger partial charge in [0.1, 0.15) is 0 Å². The van der Waals surface area contributed by atoms with Gasteiger partial charge in [-0.3, -0.25) is 9.69 Å². The molecule has 4 heteroatoms. The van der Waals surface area contributed by atoms with E-state index >= 15 is 0 Å². The van der Waals surface area contributed by atoms with Gasteiger partial charge >= 0.3 is 0 Å². The van der Waals surface area contributed by atoms with Crippen LogP contribution in [0.25, 0.3) is 10.8 Å². The molecule has 0 aliphatic carbocycles. The van der Waals surface area contributed by atoms with Crippen LogP contribution < -0.4 is 10.6 Å². The number of amides is 1. The van der Waals surface area contributed by atoms with Crippen LogP contribution >= 0.6 is 0 Å². The zero-order chi connectivity index (χ0) is 14.8. The monoisotopic (exact) mass is 283 g/mol. The zero-order valence-corrected chi connectivity index (χ0v) is 12.3. The van der Waals surface area contributed by atoms with Crippen LogP contribution in [0.2, 0.25) is 0 Å². The summed E-state index contributed by atoms with van der Waals surface area (Å²) >= 11 is 0. The third-order valence-electron chi connectivity index (χ3n) is 4.23. The lowest BCUT2D eigenvalue weighted by molar-refractivity contribution is -0.119. The number of rotatable bonds is 3. The highest BCUT2D eigenvalue weighted by molar-refractivity contribution is 5.94. The van der Waals surface area contributed by atoms with Crippen LogP contribution in [-0.4, -0.2) is 43.0 Å². The van der Waals surface area contributed by atoms with Gasteiger partial charge in [-0.25, -0.2) is 0 Å². The van der Waals surface area contributed by atoms with Gasteiger partial charge in [0.15, 0.2) is 0 Å². The molecule has 1 aliphatic rings. The average molecular weight is 283 g/mol. The Morgan fingerprint density at radius 2 is 1.95 bits per heavy atom. The van der Waals surface area contributed by atoms with Gasteiger partial charge in [-0.2, -0.15) is 0 Å². The third kappa shape index (κ3) is 2.85. The first-order valence-electron chi connectivity index (χ1n) is 7.40. The molecule has 1 unspecified atom stereocenters. The van der Waals surface area contributed by atoms with E-state index in [4.69, 9.17) is 5.73 Å². The van der Waals surface area contributed by atoms with Crippen molar-refractivity contribution in [3.05, 3.63) is 42.5 Å². The number of carbonyl (C=O) groups is 1. The highest BCUT2D eigenvalue weighted by Crippen LogP contribution is 2.28. The highest BCUT2D eigenvalue weighted by atomic mass is 16.1. The molecule has 2 N–H and O–H groups in total. The summed E-state index contributed by atoms with van der Waals surface area (Å²) in [6, 6.07) is 15.2. The van der Waals surface area contributed by atoms with E-state index in [9.17, 15) is 4.79 Å². The Balaban J connectivity index is 1.83. The summed E-state index contributed by atoms with van der Waals surface area (Å²) < 4.78 is 0. The molecule has 3 rings (SSSR count). The Hall–Kier alpha value is -2.07. The van der Waals surface area contributed by atoms with Crippen molar-refractivity contribution in [3.8, 4) is 0 Å². The summed E-state index contributed by atoms with van der Waals surface area (Å²) in [4.78, 5) is 15.7. The Labute approximate surface area is 125 Å². The molecule has 1 heterocycles. The van der Waals surface area contributed by atoms with E-state index in [1.807, 2.05) is 0 Å². The van der Waals surface area contributed by atoms with Gasteiger partial charge in [0, 0.05) is 36.7 Å². The predicted molar refractivity (Wildman–Crippen MR) is 86.4 cm³/mol. The number of nitrogens with two attached hydrogens (primary N) is 1. The van der Waals surface area contributed by atoms with Gasteiger partial charge in [-0.1, -0.05) is 36.4 Å². The van der Waals surface area contributed by atoms with Crippen molar-refractivity contribution < 1.29 is 4.79 Å². The Kier molecular flexibility index (Phi) is 3.80. The summed E-state index contributed by atoms with van der Waals surface area (Å²) in [6.45, 7) is 5.21. The lowest BCUT2D eigenvalue weighted by Crippen LogP contribution is -2.54. The molecule has 0 aromatic heterocycles. The number of piperazine rings is 1. The van der Waals surface area contributed by atoms with Gasteiger partial charge in [-0.05, 0) is 18.4 Å². The molecule has 2 aromatic rings. The molecule has 0 radical (unpaired) electrons. The van der Waals surface area contributed by atoms with E-state index in [0.717, 1.165) is 19.6 Å². The predicted octanol–water partition coefficient (Wildman–Crippen LogP) is 1.84. The molecule has 0 bridgehead atoms. The molecule has 4 nitrogen and oxygen atoms in total. The van der Waals surface area contributed by atoms with Gasteiger partial charge in [0.05, 0.1) is 6.54 Å². The number of hydrogen-bond acceptors (Lipinski definition) is 3. The van der Waals surface area contributed by atoms with Crippen molar-refractivity contribution in [2.24, 2.45) is 5.73 Å². The minimum atomic E-state index is -0.250. The number of fused-ring (bicyclic) bond motifs is 1. The normalized spacial score (nSPS) is 19.9. The summed E-state index contributed by atoms with van der Waals surface area (Å²) in [6.07, 6.45) is 0. The minimum absolute atomic E-state index is 0.250. The van der Waals surface area contributed by atoms with E-state index in [1.165, 1.54) is 16.5 Å². The van der Waals surface area contributed by atoms with Crippen molar-refractivity contribution in [3.63, 3.8) is 0 Å². The Morgan fingerprint density at radius 3 is 2.71 bits per heavy atom. The van der Waals surface area contributed by atoms with E-state index < -0.39 is 0 Å². The molecular formula is C17H21N3O. The van der Waals surface area contributed by atoms with E-state index in [0.29, 0.717) is 12.6 Å². The summed E-state index contributed by atoms with van der Waals surface area (Å²) in [5.74, 6) is -0.250. The average Bonchev–Trinajstić information content (AvgIpc) is 2.48. The van der Waals surface area contributed by atoms with Crippen LogP contribution in [0, 0.1) is 0 Å². The SMILES string of the molecule is CC1CN(c2cccc3ccccc23)CCN1CC(N)=O. The number of carbonyl (C=O) groups excluding carboxylic acids is 1. The first-order chi connectivity index (χ1) is 10.1. The molecule has 1 saturated heterocycles. The van der Waals surface area contributed by atoms with Crippen LogP contribution in [0.1, 0.15) is 6.92 Å². The highest BCUT2D eigenvalue weighted by Gasteiger charge is 2.25. The second-order valence-corrected chi connectivity index (χ2v) is 5.73. The third-order valence-corrected chi connectivity index (χ3v) is 4.23. The van der Waals surface area contributed by atoms with Gasteiger partial charge in [0.2, 0.25) is 5.91 Å². The van der Waals surface area contributed by atoms with Crippen molar-refractivity contribution in [2.75, 3.05) is 31.1 Å². The van der Waals surface area contributed by atoms with Gasteiger partial charge in [-0.15, -0.1) is 0 Å².